The predicted molar refractivity (Wildman–Crippen MR) is 74.6 cm³/mol. The van der Waals surface area contributed by atoms with Gasteiger partial charge in [-0.2, -0.15) is 0 Å². The van der Waals surface area contributed by atoms with Gasteiger partial charge in [-0.05, 0) is 25.0 Å². The molecule has 1 rings (SSSR count). The standard InChI is InChI=1S/C14H25N3O/c1-3-5-7-12(11-15)16-14(18)13-8-6-10-17(13)9-4-2/h6,8,10,12H,3-5,7,9,11,15H2,1-2H3,(H,16,18). The first kappa shape index (κ1) is 14.8. The van der Waals surface area contributed by atoms with Gasteiger partial charge in [-0.15, -0.1) is 0 Å². The molecule has 0 radical (unpaired) electrons. The third kappa shape index (κ3) is 4.18. The Bertz CT molecular complexity index is 360. The number of carbonyl (C=O) groups excluding carboxylic acids is 1. The fraction of sp³-hybridized carbons (Fsp3) is 0.643. The van der Waals surface area contributed by atoms with Crippen molar-refractivity contribution in [3.63, 3.8) is 0 Å². The average Bonchev–Trinajstić information content (AvgIpc) is 2.83. The van der Waals surface area contributed by atoms with E-state index >= 15 is 0 Å². The number of amides is 1. The summed E-state index contributed by atoms with van der Waals surface area (Å²) in [7, 11) is 0. The van der Waals surface area contributed by atoms with E-state index in [1.54, 1.807) is 0 Å². The zero-order valence-corrected chi connectivity index (χ0v) is 11.5. The largest absolute Gasteiger partial charge is 0.347 e. The SMILES string of the molecule is CCCCC(CN)NC(=O)c1cccn1CCC. The maximum Gasteiger partial charge on any atom is 0.268 e. The van der Waals surface area contributed by atoms with Gasteiger partial charge in [0.1, 0.15) is 5.69 Å². The van der Waals surface area contributed by atoms with Crippen molar-refractivity contribution in [2.45, 2.75) is 52.1 Å². The average molecular weight is 251 g/mol. The van der Waals surface area contributed by atoms with Crippen molar-refractivity contribution in [1.29, 1.82) is 0 Å². The molecule has 1 amide bonds. The van der Waals surface area contributed by atoms with Crippen LogP contribution in [-0.4, -0.2) is 23.1 Å². The number of nitrogens with two attached hydrogens (primary N) is 1. The number of hydrogen-bond acceptors (Lipinski definition) is 2. The van der Waals surface area contributed by atoms with Gasteiger partial charge in [-0.3, -0.25) is 4.79 Å². The van der Waals surface area contributed by atoms with Crippen molar-refractivity contribution in [2.24, 2.45) is 5.73 Å². The molecule has 0 saturated heterocycles. The van der Waals surface area contributed by atoms with E-state index in [4.69, 9.17) is 5.73 Å². The molecule has 0 fully saturated rings. The number of rotatable bonds is 8. The Morgan fingerprint density at radius 2 is 2.22 bits per heavy atom. The van der Waals surface area contributed by atoms with Crippen LogP contribution in [0, 0.1) is 0 Å². The lowest BCUT2D eigenvalue weighted by molar-refractivity contribution is 0.0926. The van der Waals surface area contributed by atoms with Gasteiger partial charge in [-0.25, -0.2) is 0 Å². The van der Waals surface area contributed by atoms with Crippen LogP contribution >= 0.6 is 0 Å². The molecular formula is C14H25N3O. The fourth-order valence-corrected chi connectivity index (χ4v) is 2.01. The second kappa shape index (κ2) is 7.93. The summed E-state index contributed by atoms with van der Waals surface area (Å²) in [6, 6.07) is 3.86. The molecule has 4 nitrogen and oxygen atoms in total. The highest BCUT2D eigenvalue weighted by molar-refractivity contribution is 5.92. The highest BCUT2D eigenvalue weighted by atomic mass is 16.2. The highest BCUT2D eigenvalue weighted by Crippen LogP contribution is 2.06. The normalized spacial score (nSPS) is 12.4. The zero-order chi connectivity index (χ0) is 13.4. The Labute approximate surface area is 110 Å². The van der Waals surface area contributed by atoms with Crippen LogP contribution < -0.4 is 11.1 Å². The topological polar surface area (TPSA) is 60.0 Å². The Morgan fingerprint density at radius 3 is 2.83 bits per heavy atom. The van der Waals surface area contributed by atoms with Crippen LogP contribution in [0.25, 0.3) is 0 Å². The lowest BCUT2D eigenvalue weighted by atomic mass is 10.1. The first-order valence-corrected chi connectivity index (χ1v) is 6.89. The highest BCUT2D eigenvalue weighted by Gasteiger charge is 2.14. The lowest BCUT2D eigenvalue weighted by Gasteiger charge is -2.17. The van der Waals surface area contributed by atoms with Gasteiger partial charge in [-0.1, -0.05) is 26.7 Å². The van der Waals surface area contributed by atoms with Crippen molar-refractivity contribution in [3.8, 4) is 0 Å². The van der Waals surface area contributed by atoms with Gasteiger partial charge in [0.25, 0.3) is 5.91 Å². The summed E-state index contributed by atoms with van der Waals surface area (Å²) in [5.74, 6) is -0.0139. The quantitative estimate of drug-likeness (QED) is 0.743. The Balaban J connectivity index is 2.59. The van der Waals surface area contributed by atoms with Crippen molar-refractivity contribution in [2.75, 3.05) is 6.54 Å². The summed E-state index contributed by atoms with van der Waals surface area (Å²) in [6.07, 6.45) is 6.14. The molecule has 1 aromatic heterocycles. The number of carbonyl (C=O) groups is 1. The van der Waals surface area contributed by atoms with Crippen LogP contribution in [0.5, 0.6) is 0 Å². The van der Waals surface area contributed by atoms with Crippen LogP contribution in [0.2, 0.25) is 0 Å². The minimum absolute atomic E-state index is 0.0139. The summed E-state index contributed by atoms with van der Waals surface area (Å²) in [5.41, 5.74) is 6.42. The number of nitrogens with zero attached hydrogens (tertiary/aromatic N) is 1. The molecule has 1 atom stereocenters. The molecular weight excluding hydrogens is 226 g/mol. The van der Waals surface area contributed by atoms with Crippen LogP contribution in [0.15, 0.2) is 18.3 Å². The van der Waals surface area contributed by atoms with Crippen molar-refractivity contribution < 1.29 is 4.79 Å². The number of hydrogen-bond donors (Lipinski definition) is 2. The molecule has 102 valence electrons. The summed E-state index contributed by atoms with van der Waals surface area (Å²) in [5, 5.41) is 3.02. The van der Waals surface area contributed by atoms with E-state index in [1.807, 2.05) is 22.9 Å². The smallest absolute Gasteiger partial charge is 0.268 e. The molecule has 0 aliphatic rings. The molecule has 0 aliphatic carbocycles. The Hall–Kier alpha value is -1.29. The van der Waals surface area contributed by atoms with Crippen LogP contribution in [0.3, 0.4) is 0 Å². The minimum atomic E-state index is -0.0139. The monoisotopic (exact) mass is 251 g/mol. The maximum absolute atomic E-state index is 12.1. The van der Waals surface area contributed by atoms with E-state index in [9.17, 15) is 4.79 Å². The van der Waals surface area contributed by atoms with E-state index in [0.29, 0.717) is 6.54 Å². The van der Waals surface area contributed by atoms with Gasteiger partial charge < -0.3 is 15.6 Å². The summed E-state index contributed by atoms with van der Waals surface area (Å²) < 4.78 is 1.99. The Kier molecular flexibility index (Phi) is 6.50. The first-order valence-electron chi connectivity index (χ1n) is 6.89. The third-order valence-corrected chi connectivity index (χ3v) is 3.05. The van der Waals surface area contributed by atoms with E-state index in [-0.39, 0.29) is 11.9 Å². The second-order valence-electron chi connectivity index (χ2n) is 4.64. The molecule has 0 bridgehead atoms. The molecule has 0 aliphatic heterocycles. The van der Waals surface area contributed by atoms with Gasteiger partial charge >= 0.3 is 0 Å². The van der Waals surface area contributed by atoms with Crippen LogP contribution in [0.4, 0.5) is 0 Å². The number of aromatic nitrogens is 1. The Morgan fingerprint density at radius 1 is 1.44 bits per heavy atom. The predicted octanol–water partition coefficient (Wildman–Crippen LogP) is 2.15. The third-order valence-electron chi connectivity index (χ3n) is 3.05. The second-order valence-corrected chi connectivity index (χ2v) is 4.64. The molecule has 3 N–H and O–H groups in total. The summed E-state index contributed by atoms with van der Waals surface area (Å²) in [6.45, 7) is 5.62. The lowest BCUT2D eigenvalue weighted by Crippen LogP contribution is -2.40. The summed E-state index contributed by atoms with van der Waals surface area (Å²) >= 11 is 0. The first-order chi connectivity index (χ1) is 8.72. The number of unbranched alkanes of at least 4 members (excludes halogenated alkanes) is 1. The molecule has 0 saturated carbocycles. The van der Waals surface area contributed by atoms with Crippen molar-refractivity contribution >= 4 is 5.91 Å². The maximum atomic E-state index is 12.1. The molecule has 0 aromatic carbocycles. The van der Waals surface area contributed by atoms with E-state index in [1.165, 1.54) is 0 Å². The number of aryl methyl sites for hydroxylation is 1. The van der Waals surface area contributed by atoms with E-state index in [2.05, 4.69) is 19.2 Å². The van der Waals surface area contributed by atoms with Crippen molar-refractivity contribution in [3.05, 3.63) is 24.0 Å². The van der Waals surface area contributed by atoms with Gasteiger partial charge in [0.15, 0.2) is 0 Å². The minimum Gasteiger partial charge on any atom is -0.347 e. The van der Waals surface area contributed by atoms with Gasteiger partial charge in [0.2, 0.25) is 0 Å². The van der Waals surface area contributed by atoms with Crippen LogP contribution in [-0.2, 0) is 6.54 Å². The molecule has 18 heavy (non-hydrogen) atoms. The van der Waals surface area contributed by atoms with Crippen molar-refractivity contribution in [1.82, 2.24) is 9.88 Å². The molecule has 0 spiro atoms. The molecule has 1 unspecified atom stereocenters. The van der Waals surface area contributed by atoms with E-state index < -0.39 is 0 Å². The van der Waals surface area contributed by atoms with Gasteiger partial charge in [0, 0.05) is 25.3 Å². The van der Waals surface area contributed by atoms with Gasteiger partial charge in [0.05, 0.1) is 0 Å². The molecule has 4 heteroatoms. The number of nitrogens with one attached hydrogen (secondary N) is 1. The van der Waals surface area contributed by atoms with E-state index in [0.717, 1.165) is 37.9 Å². The summed E-state index contributed by atoms with van der Waals surface area (Å²) in [4.78, 5) is 12.1. The zero-order valence-electron chi connectivity index (χ0n) is 11.5. The molecule has 1 heterocycles. The van der Waals surface area contributed by atoms with Crippen LogP contribution in [0.1, 0.15) is 50.0 Å². The molecule has 1 aromatic rings. The fourth-order valence-electron chi connectivity index (χ4n) is 2.01.